The van der Waals surface area contributed by atoms with E-state index in [9.17, 15) is 4.79 Å². The molecule has 0 saturated carbocycles. The minimum atomic E-state index is -0.277. The molecule has 22 heavy (non-hydrogen) atoms. The predicted octanol–water partition coefficient (Wildman–Crippen LogP) is 5.01. The molecule has 0 spiro atoms. The van der Waals surface area contributed by atoms with Crippen LogP contribution < -0.4 is 4.74 Å². The molecule has 2 aromatic carbocycles. The van der Waals surface area contributed by atoms with Gasteiger partial charge in [-0.15, -0.1) is 0 Å². The van der Waals surface area contributed by atoms with Gasteiger partial charge >= 0.3 is 5.97 Å². The lowest BCUT2D eigenvalue weighted by Crippen LogP contribution is -2.13. The van der Waals surface area contributed by atoms with Gasteiger partial charge in [-0.2, -0.15) is 0 Å². The van der Waals surface area contributed by atoms with Crippen LogP contribution in [0.1, 0.15) is 50.7 Å². The minimum Gasteiger partial charge on any atom is -0.423 e. The summed E-state index contributed by atoms with van der Waals surface area (Å²) in [7, 11) is 0. The summed E-state index contributed by atoms with van der Waals surface area (Å²) < 4.78 is 5.61. The molecule has 116 valence electrons. The summed E-state index contributed by atoms with van der Waals surface area (Å²) in [6.45, 7) is 12.2. The van der Waals surface area contributed by atoms with Crippen molar-refractivity contribution >= 4 is 5.97 Å². The van der Waals surface area contributed by atoms with Crippen molar-refractivity contribution in [2.45, 2.75) is 48.0 Å². The van der Waals surface area contributed by atoms with Crippen molar-refractivity contribution in [2.75, 3.05) is 0 Å². The minimum absolute atomic E-state index is 0.277. The first-order chi connectivity index (χ1) is 10.3. The van der Waals surface area contributed by atoms with E-state index in [1.54, 1.807) is 0 Å². The Bertz CT molecular complexity index is 680. The molecule has 0 aliphatic rings. The van der Waals surface area contributed by atoms with Gasteiger partial charge in [0, 0.05) is 0 Å². The third kappa shape index (κ3) is 3.22. The SMILES string of the molecule is CCc1cc(C)c(C(=O)Oc2cc(C)c(C)c(C)c2)c(C)c1. The van der Waals surface area contributed by atoms with Crippen LogP contribution in [0.2, 0.25) is 0 Å². The Morgan fingerprint density at radius 3 is 1.82 bits per heavy atom. The molecule has 0 aromatic heterocycles. The van der Waals surface area contributed by atoms with Gasteiger partial charge in [0.1, 0.15) is 5.75 Å². The van der Waals surface area contributed by atoms with E-state index in [1.807, 2.05) is 39.8 Å². The number of hydrogen-bond acceptors (Lipinski definition) is 2. The van der Waals surface area contributed by atoms with Crippen molar-refractivity contribution < 1.29 is 9.53 Å². The Hall–Kier alpha value is -2.09. The maximum Gasteiger partial charge on any atom is 0.344 e. The van der Waals surface area contributed by atoms with Crippen molar-refractivity contribution in [3.63, 3.8) is 0 Å². The normalized spacial score (nSPS) is 10.6. The summed E-state index contributed by atoms with van der Waals surface area (Å²) in [5, 5.41) is 0. The van der Waals surface area contributed by atoms with Gasteiger partial charge in [-0.3, -0.25) is 0 Å². The highest BCUT2D eigenvalue weighted by Crippen LogP contribution is 2.24. The van der Waals surface area contributed by atoms with Gasteiger partial charge < -0.3 is 4.74 Å². The lowest BCUT2D eigenvalue weighted by atomic mass is 9.98. The van der Waals surface area contributed by atoms with Gasteiger partial charge in [-0.25, -0.2) is 4.79 Å². The van der Waals surface area contributed by atoms with Crippen LogP contribution in [0, 0.1) is 34.6 Å². The van der Waals surface area contributed by atoms with Crippen LogP contribution in [0.4, 0.5) is 0 Å². The average Bonchev–Trinajstić information content (AvgIpc) is 2.43. The van der Waals surface area contributed by atoms with Gasteiger partial charge in [-0.05, 0) is 86.6 Å². The van der Waals surface area contributed by atoms with E-state index in [4.69, 9.17) is 4.74 Å². The number of rotatable bonds is 3. The molecule has 2 rings (SSSR count). The highest BCUT2D eigenvalue weighted by Gasteiger charge is 2.16. The summed E-state index contributed by atoms with van der Waals surface area (Å²) in [5.41, 5.74) is 7.38. The Kier molecular flexibility index (Phi) is 4.70. The van der Waals surface area contributed by atoms with E-state index in [0.717, 1.165) is 28.7 Å². The Morgan fingerprint density at radius 1 is 0.864 bits per heavy atom. The summed E-state index contributed by atoms with van der Waals surface area (Å²) in [6, 6.07) is 7.97. The molecule has 0 radical (unpaired) electrons. The molecule has 0 aliphatic heterocycles. The molecular formula is C20H24O2. The summed E-state index contributed by atoms with van der Waals surface area (Å²) in [6.07, 6.45) is 0.966. The van der Waals surface area contributed by atoms with Gasteiger partial charge in [-0.1, -0.05) is 19.1 Å². The van der Waals surface area contributed by atoms with E-state index >= 15 is 0 Å². The summed E-state index contributed by atoms with van der Waals surface area (Å²) in [4.78, 5) is 12.5. The quantitative estimate of drug-likeness (QED) is 0.588. The molecule has 0 saturated heterocycles. The zero-order chi connectivity index (χ0) is 16.4. The first-order valence-electron chi connectivity index (χ1n) is 7.73. The van der Waals surface area contributed by atoms with E-state index in [-0.39, 0.29) is 5.97 Å². The first kappa shape index (κ1) is 16.3. The van der Waals surface area contributed by atoms with Crippen molar-refractivity contribution in [1.82, 2.24) is 0 Å². The summed E-state index contributed by atoms with van der Waals surface area (Å²) in [5.74, 6) is 0.337. The van der Waals surface area contributed by atoms with E-state index in [2.05, 4.69) is 26.0 Å². The number of aryl methyl sites for hydroxylation is 5. The highest BCUT2D eigenvalue weighted by molar-refractivity contribution is 5.94. The topological polar surface area (TPSA) is 26.3 Å². The maximum absolute atomic E-state index is 12.5. The standard InChI is InChI=1S/C20H24O2/c1-7-17-8-14(4)19(15(5)9-17)20(21)22-18-10-12(2)16(6)13(3)11-18/h8-11H,7H2,1-6H3. The van der Waals surface area contributed by atoms with Crippen LogP contribution in [0.3, 0.4) is 0 Å². The fourth-order valence-corrected chi connectivity index (χ4v) is 2.79. The molecule has 0 atom stereocenters. The molecule has 0 heterocycles. The monoisotopic (exact) mass is 296 g/mol. The van der Waals surface area contributed by atoms with E-state index < -0.39 is 0 Å². The lowest BCUT2D eigenvalue weighted by molar-refractivity contribution is 0.0733. The summed E-state index contributed by atoms with van der Waals surface area (Å²) >= 11 is 0. The van der Waals surface area contributed by atoms with Crippen LogP contribution in [-0.2, 0) is 6.42 Å². The largest absolute Gasteiger partial charge is 0.423 e. The van der Waals surface area contributed by atoms with Crippen molar-refractivity contribution in [2.24, 2.45) is 0 Å². The Balaban J connectivity index is 2.34. The Morgan fingerprint density at radius 2 is 1.36 bits per heavy atom. The number of carbonyl (C=O) groups is 1. The number of benzene rings is 2. The first-order valence-corrected chi connectivity index (χ1v) is 7.73. The fraction of sp³-hybridized carbons (Fsp3) is 0.350. The molecule has 2 nitrogen and oxygen atoms in total. The lowest BCUT2D eigenvalue weighted by Gasteiger charge is -2.13. The second kappa shape index (κ2) is 6.35. The molecular weight excluding hydrogens is 272 g/mol. The number of ether oxygens (including phenoxy) is 1. The highest BCUT2D eigenvalue weighted by atomic mass is 16.5. The Labute approximate surface area is 133 Å². The van der Waals surface area contributed by atoms with Crippen LogP contribution in [0.15, 0.2) is 24.3 Å². The molecule has 0 amide bonds. The second-order valence-electron chi connectivity index (χ2n) is 6.03. The zero-order valence-electron chi connectivity index (χ0n) is 14.3. The van der Waals surface area contributed by atoms with Gasteiger partial charge in [0.2, 0.25) is 0 Å². The molecule has 0 unspecified atom stereocenters. The molecule has 0 fully saturated rings. The van der Waals surface area contributed by atoms with Crippen LogP contribution >= 0.6 is 0 Å². The molecule has 2 heteroatoms. The van der Waals surface area contributed by atoms with E-state index in [0.29, 0.717) is 11.3 Å². The average molecular weight is 296 g/mol. The van der Waals surface area contributed by atoms with Crippen molar-refractivity contribution in [3.8, 4) is 5.75 Å². The predicted molar refractivity (Wildman–Crippen MR) is 90.9 cm³/mol. The third-order valence-electron chi connectivity index (χ3n) is 4.32. The molecule has 2 aromatic rings. The van der Waals surface area contributed by atoms with Crippen LogP contribution in [0.5, 0.6) is 5.75 Å². The van der Waals surface area contributed by atoms with Gasteiger partial charge in [0.25, 0.3) is 0 Å². The second-order valence-corrected chi connectivity index (χ2v) is 6.03. The number of carbonyl (C=O) groups excluding carboxylic acids is 1. The van der Waals surface area contributed by atoms with E-state index in [1.165, 1.54) is 11.1 Å². The van der Waals surface area contributed by atoms with Gasteiger partial charge in [0.15, 0.2) is 0 Å². The number of esters is 1. The molecule has 0 N–H and O–H groups in total. The smallest absolute Gasteiger partial charge is 0.344 e. The van der Waals surface area contributed by atoms with Crippen LogP contribution in [-0.4, -0.2) is 5.97 Å². The fourth-order valence-electron chi connectivity index (χ4n) is 2.79. The number of hydrogen-bond donors (Lipinski definition) is 0. The van der Waals surface area contributed by atoms with Crippen LogP contribution in [0.25, 0.3) is 0 Å². The van der Waals surface area contributed by atoms with Crippen molar-refractivity contribution in [1.29, 1.82) is 0 Å². The zero-order valence-corrected chi connectivity index (χ0v) is 14.3. The maximum atomic E-state index is 12.5. The van der Waals surface area contributed by atoms with Crippen molar-refractivity contribution in [3.05, 3.63) is 63.2 Å². The third-order valence-corrected chi connectivity index (χ3v) is 4.32. The van der Waals surface area contributed by atoms with Gasteiger partial charge in [0.05, 0.1) is 5.56 Å². The molecule has 0 aliphatic carbocycles. The molecule has 0 bridgehead atoms.